The van der Waals surface area contributed by atoms with E-state index in [9.17, 15) is 0 Å². The van der Waals surface area contributed by atoms with Crippen molar-refractivity contribution in [2.45, 2.75) is 38.1 Å². The predicted octanol–water partition coefficient (Wildman–Crippen LogP) is 1.63. The lowest BCUT2D eigenvalue weighted by Crippen LogP contribution is -2.45. The Labute approximate surface area is 118 Å². The van der Waals surface area contributed by atoms with Crippen LogP contribution in [0.2, 0.25) is 0 Å². The Kier molecular flexibility index (Phi) is 4.16. The molecule has 19 heavy (non-hydrogen) atoms. The van der Waals surface area contributed by atoms with Gasteiger partial charge in [0.15, 0.2) is 0 Å². The Morgan fingerprint density at radius 3 is 2.32 bits per heavy atom. The minimum Gasteiger partial charge on any atom is -0.327 e. The van der Waals surface area contributed by atoms with Crippen LogP contribution in [0, 0.1) is 23.7 Å². The summed E-state index contributed by atoms with van der Waals surface area (Å²) < 4.78 is 0. The Morgan fingerprint density at radius 1 is 1.05 bits per heavy atom. The number of nitrogens with two attached hydrogens (primary N) is 1. The summed E-state index contributed by atoms with van der Waals surface area (Å²) in [6, 6.07) is 0.512. The van der Waals surface area contributed by atoms with E-state index in [0.29, 0.717) is 6.04 Å². The molecular formula is C16H31N3. The fourth-order valence-electron chi connectivity index (χ4n) is 4.89. The number of rotatable bonds is 4. The van der Waals surface area contributed by atoms with Crippen molar-refractivity contribution in [2.24, 2.45) is 29.4 Å². The molecule has 1 heterocycles. The number of hydrogen-bond acceptors (Lipinski definition) is 3. The maximum Gasteiger partial charge on any atom is 0.0111 e. The van der Waals surface area contributed by atoms with E-state index in [1.165, 1.54) is 58.3 Å². The fraction of sp³-hybridized carbons (Fsp3) is 1.00. The summed E-state index contributed by atoms with van der Waals surface area (Å²) >= 11 is 0. The smallest absolute Gasteiger partial charge is 0.0111 e. The van der Waals surface area contributed by atoms with Crippen LogP contribution in [0.5, 0.6) is 0 Å². The molecule has 3 heteroatoms. The molecule has 0 radical (unpaired) electrons. The van der Waals surface area contributed by atoms with Crippen molar-refractivity contribution in [3.63, 3.8) is 0 Å². The van der Waals surface area contributed by atoms with Crippen molar-refractivity contribution >= 4 is 0 Å². The molecule has 3 fully saturated rings. The summed E-state index contributed by atoms with van der Waals surface area (Å²) in [4.78, 5) is 5.05. The molecule has 1 aliphatic heterocycles. The maximum absolute atomic E-state index is 6.44. The molecule has 3 nitrogen and oxygen atoms in total. The molecule has 2 bridgehead atoms. The van der Waals surface area contributed by atoms with E-state index in [-0.39, 0.29) is 0 Å². The lowest BCUT2D eigenvalue weighted by atomic mass is 9.84. The van der Waals surface area contributed by atoms with Gasteiger partial charge in [0, 0.05) is 19.1 Å². The van der Waals surface area contributed by atoms with Crippen LogP contribution >= 0.6 is 0 Å². The summed E-state index contributed by atoms with van der Waals surface area (Å²) in [5.74, 6) is 3.55. The topological polar surface area (TPSA) is 32.5 Å². The summed E-state index contributed by atoms with van der Waals surface area (Å²) in [6.07, 6.45) is 7.07. The quantitative estimate of drug-likeness (QED) is 0.838. The van der Waals surface area contributed by atoms with Gasteiger partial charge in [0.1, 0.15) is 0 Å². The molecule has 0 aromatic heterocycles. The number of piperidine rings is 1. The van der Waals surface area contributed by atoms with Crippen LogP contribution in [0.25, 0.3) is 0 Å². The monoisotopic (exact) mass is 265 g/mol. The van der Waals surface area contributed by atoms with Crippen LogP contribution in [0.4, 0.5) is 0 Å². The Bertz CT molecular complexity index is 294. The number of nitrogens with zero attached hydrogens (tertiary/aromatic N) is 2. The highest BCUT2D eigenvalue weighted by Crippen LogP contribution is 2.47. The second-order valence-corrected chi connectivity index (χ2v) is 7.58. The molecule has 1 saturated heterocycles. The van der Waals surface area contributed by atoms with Crippen molar-refractivity contribution in [2.75, 3.05) is 40.3 Å². The van der Waals surface area contributed by atoms with E-state index in [1.807, 2.05) is 0 Å². The van der Waals surface area contributed by atoms with Crippen LogP contribution in [-0.4, -0.2) is 56.1 Å². The zero-order chi connectivity index (χ0) is 13.4. The summed E-state index contributed by atoms with van der Waals surface area (Å²) in [5, 5.41) is 0. The molecule has 3 aliphatic rings. The summed E-state index contributed by atoms with van der Waals surface area (Å²) in [7, 11) is 4.39. The molecule has 0 amide bonds. The normalized spacial score (nSPS) is 40.4. The molecule has 2 aliphatic carbocycles. The van der Waals surface area contributed by atoms with Crippen molar-refractivity contribution in [3.05, 3.63) is 0 Å². The van der Waals surface area contributed by atoms with Gasteiger partial charge < -0.3 is 15.5 Å². The van der Waals surface area contributed by atoms with Crippen LogP contribution in [0.3, 0.4) is 0 Å². The lowest BCUT2D eigenvalue weighted by Gasteiger charge is -2.38. The first kappa shape index (κ1) is 13.8. The first-order valence-corrected chi connectivity index (χ1v) is 8.26. The maximum atomic E-state index is 6.44. The Morgan fingerprint density at radius 2 is 1.74 bits per heavy atom. The molecule has 4 atom stereocenters. The first-order chi connectivity index (χ1) is 9.13. The van der Waals surface area contributed by atoms with Crippen molar-refractivity contribution in [1.29, 1.82) is 0 Å². The highest BCUT2D eigenvalue weighted by molar-refractivity contribution is 5.00. The zero-order valence-corrected chi connectivity index (χ0v) is 12.7. The third-order valence-electron chi connectivity index (χ3n) is 5.96. The molecule has 3 rings (SSSR count). The van der Waals surface area contributed by atoms with Gasteiger partial charge in [-0.2, -0.15) is 0 Å². The van der Waals surface area contributed by atoms with E-state index in [4.69, 9.17) is 5.73 Å². The Hall–Kier alpha value is -0.120. The van der Waals surface area contributed by atoms with Gasteiger partial charge in [-0.05, 0) is 83.0 Å². The second-order valence-electron chi connectivity index (χ2n) is 7.58. The number of fused-ring (bicyclic) bond motifs is 2. The van der Waals surface area contributed by atoms with E-state index < -0.39 is 0 Å². The number of hydrogen-bond donors (Lipinski definition) is 1. The van der Waals surface area contributed by atoms with Crippen LogP contribution in [-0.2, 0) is 0 Å². The molecule has 110 valence electrons. The molecule has 0 aromatic rings. The van der Waals surface area contributed by atoms with Gasteiger partial charge in [-0.25, -0.2) is 0 Å². The van der Waals surface area contributed by atoms with Gasteiger partial charge in [0.25, 0.3) is 0 Å². The summed E-state index contributed by atoms with van der Waals surface area (Å²) in [6.45, 7) is 5.16. The Balaban J connectivity index is 1.45. The predicted molar refractivity (Wildman–Crippen MR) is 80.0 cm³/mol. The molecule has 0 aromatic carbocycles. The van der Waals surface area contributed by atoms with Gasteiger partial charge in [0.05, 0.1) is 0 Å². The average molecular weight is 265 g/mol. The third-order valence-corrected chi connectivity index (χ3v) is 5.96. The minimum atomic E-state index is 0.512. The van der Waals surface area contributed by atoms with E-state index in [2.05, 4.69) is 23.9 Å². The third kappa shape index (κ3) is 2.98. The highest BCUT2D eigenvalue weighted by atomic mass is 15.1. The average Bonchev–Trinajstić information content (AvgIpc) is 2.95. The van der Waals surface area contributed by atoms with E-state index >= 15 is 0 Å². The molecule has 2 saturated carbocycles. The van der Waals surface area contributed by atoms with Crippen LogP contribution in [0.1, 0.15) is 32.1 Å². The molecule has 2 N–H and O–H groups in total. The number of likely N-dealkylation sites (tertiary alicyclic amines) is 1. The van der Waals surface area contributed by atoms with Crippen LogP contribution < -0.4 is 5.73 Å². The molecule has 0 spiro atoms. The largest absolute Gasteiger partial charge is 0.327 e. The van der Waals surface area contributed by atoms with Crippen molar-refractivity contribution in [1.82, 2.24) is 9.80 Å². The standard InChI is InChI=1S/C16H31N3/c1-18(2)10-12-5-7-19(8-6-12)11-15-13-3-4-14(9-13)16(15)17/h12-16H,3-11,17H2,1-2H3. The van der Waals surface area contributed by atoms with Gasteiger partial charge in [-0.1, -0.05) is 0 Å². The van der Waals surface area contributed by atoms with Gasteiger partial charge >= 0.3 is 0 Å². The van der Waals surface area contributed by atoms with Crippen molar-refractivity contribution < 1.29 is 0 Å². The highest BCUT2D eigenvalue weighted by Gasteiger charge is 2.46. The van der Waals surface area contributed by atoms with Crippen LogP contribution in [0.15, 0.2) is 0 Å². The minimum absolute atomic E-state index is 0.512. The van der Waals surface area contributed by atoms with Gasteiger partial charge in [0.2, 0.25) is 0 Å². The van der Waals surface area contributed by atoms with Crippen molar-refractivity contribution in [3.8, 4) is 0 Å². The van der Waals surface area contributed by atoms with Gasteiger partial charge in [-0.3, -0.25) is 0 Å². The molecule has 4 unspecified atom stereocenters. The summed E-state index contributed by atoms with van der Waals surface area (Å²) in [5.41, 5.74) is 6.44. The molecular weight excluding hydrogens is 234 g/mol. The SMILES string of the molecule is CN(C)CC1CCN(CC2C3CCC(C3)C2N)CC1. The fourth-order valence-corrected chi connectivity index (χ4v) is 4.89. The van der Waals surface area contributed by atoms with E-state index in [0.717, 1.165) is 23.7 Å². The zero-order valence-electron chi connectivity index (χ0n) is 12.7. The van der Waals surface area contributed by atoms with E-state index in [1.54, 1.807) is 0 Å². The van der Waals surface area contributed by atoms with Gasteiger partial charge in [-0.15, -0.1) is 0 Å². The first-order valence-electron chi connectivity index (χ1n) is 8.26. The lowest BCUT2D eigenvalue weighted by molar-refractivity contribution is 0.121. The second kappa shape index (κ2) is 5.71.